The van der Waals surface area contributed by atoms with Gasteiger partial charge in [0.05, 0.1) is 37.4 Å². The highest BCUT2D eigenvalue weighted by Crippen LogP contribution is 2.35. The molecule has 1 N–H and O–H groups in total. The number of aromatic nitrogens is 2. The van der Waals surface area contributed by atoms with Gasteiger partial charge in [-0.15, -0.1) is 0 Å². The van der Waals surface area contributed by atoms with E-state index in [-0.39, 0.29) is 12.1 Å². The van der Waals surface area contributed by atoms with Gasteiger partial charge >= 0.3 is 6.03 Å². The van der Waals surface area contributed by atoms with Gasteiger partial charge in [-0.2, -0.15) is 10.2 Å². The number of aryl methyl sites for hydroxylation is 1. The SMILES string of the molecule is CNC(=O)N1N=C(c2ccc(-n3nc(-c4ccccc4)cc3C)cc2)c2cc(OC)c(OC)cc2C[C@@H]1C. The highest BCUT2D eigenvalue weighted by atomic mass is 16.5. The van der Waals surface area contributed by atoms with Gasteiger partial charge in [-0.3, -0.25) is 0 Å². The van der Waals surface area contributed by atoms with Crippen LogP contribution < -0.4 is 14.8 Å². The first kappa shape index (κ1) is 25.1. The van der Waals surface area contributed by atoms with Gasteiger partial charge in [-0.05, 0) is 56.2 Å². The number of nitrogens with zero attached hydrogens (tertiary/aromatic N) is 4. The zero-order valence-corrected chi connectivity index (χ0v) is 22.2. The summed E-state index contributed by atoms with van der Waals surface area (Å²) in [5, 5.41) is 13.9. The maximum absolute atomic E-state index is 12.7. The van der Waals surface area contributed by atoms with Gasteiger partial charge < -0.3 is 14.8 Å². The first-order valence-electron chi connectivity index (χ1n) is 12.5. The fraction of sp³-hybridized carbons (Fsp3) is 0.233. The molecule has 2 heterocycles. The second-order valence-electron chi connectivity index (χ2n) is 9.26. The minimum atomic E-state index is -0.265. The minimum absolute atomic E-state index is 0.160. The molecule has 0 radical (unpaired) electrons. The van der Waals surface area contributed by atoms with Crippen LogP contribution in [-0.4, -0.2) is 53.8 Å². The number of nitrogens with one attached hydrogen (secondary N) is 1. The third kappa shape index (κ3) is 4.61. The van der Waals surface area contributed by atoms with Crippen molar-refractivity contribution >= 4 is 11.7 Å². The van der Waals surface area contributed by atoms with Crippen molar-refractivity contribution in [3.8, 4) is 28.4 Å². The summed E-state index contributed by atoms with van der Waals surface area (Å²) in [6.45, 7) is 4.03. The van der Waals surface area contributed by atoms with Crippen LogP contribution in [0.5, 0.6) is 11.5 Å². The number of carbonyl (C=O) groups is 1. The Morgan fingerprint density at radius 1 is 0.947 bits per heavy atom. The van der Waals surface area contributed by atoms with Crippen LogP contribution in [0.15, 0.2) is 77.9 Å². The van der Waals surface area contributed by atoms with E-state index in [0.717, 1.165) is 39.3 Å². The molecule has 1 aliphatic rings. The molecule has 194 valence electrons. The van der Waals surface area contributed by atoms with Crippen LogP contribution in [0, 0.1) is 6.92 Å². The topological polar surface area (TPSA) is 81.0 Å². The van der Waals surface area contributed by atoms with Crippen molar-refractivity contribution in [3.05, 3.63) is 95.2 Å². The number of fused-ring (bicyclic) bond motifs is 1. The molecule has 3 aromatic carbocycles. The van der Waals surface area contributed by atoms with E-state index in [1.54, 1.807) is 21.3 Å². The van der Waals surface area contributed by atoms with Crippen molar-refractivity contribution in [1.82, 2.24) is 20.1 Å². The van der Waals surface area contributed by atoms with Gasteiger partial charge in [-0.25, -0.2) is 14.5 Å². The van der Waals surface area contributed by atoms with Crippen LogP contribution in [0.3, 0.4) is 0 Å². The van der Waals surface area contributed by atoms with Crippen LogP contribution in [-0.2, 0) is 6.42 Å². The fourth-order valence-corrected chi connectivity index (χ4v) is 4.79. The van der Waals surface area contributed by atoms with Crippen LogP contribution in [0.4, 0.5) is 4.79 Å². The minimum Gasteiger partial charge on any atom is -0.493 e. The Balaban J connectivity index is 1.58. The molecule has 8 heteroatoms. The van der Waals surface area contributed by atoms with Gasteiger partial charge in [-0.1, -0.05) is 42.5 Å². The van der Waals surface area contributed by atoms with E-state index < -0.39 is 0 Å². The summed E-state index contributed by atoms with van der Waals surface area (Å²) in [7, 11) is 4.84. The Labute approximate surface area is 222 Å². The average molecular weight is 510 g/mol. The van der Waals surface area contributed by atoms with Crippen LogP contribution in [0.1, 0.15) is 29.3 Å². The Morgan fingerprint density at radius 2 is 1.63 bits per heavy atom. The lowest BCUT2D eigenvalue weighted by Gasteiger charge is -2.22. The van der Waals surface area contributed by atoms with Crippen LogP contribution in [0.25, 0.3) is 16.9 Å². The van der Waals surface area contributed by atoms with E-state index in [0.29, 0.717) is 23.6 Å². The molecule has 0 aliphatic carbocycles. The predicted molar refractivity (Wildman–Crippen MR) is 148 cm³/mol. The molecule has 0 spiro atoms. The number of rotatable bonds is 5. The molecule has 2 amide bonds. The number of ether oxygens (including phenoxy) is 2. The number of carbonyl (C=O) groups excluding carboxylic acids is 1. The Hall–Kier alpha value is -4.59. The van der Waals surface area contributed by atoms with Gasteiger partial charge in [0.25, 0.3) is 0 Å². The predicted octanol–water partition coefficient (Wildman–Crippen LogP) is 5.20. The zero-order chi connectivity index (χ0) is 26.8. The summed E-state index contributed by atoms with van der Waals surface area (Å²) in [4.78, 5) is 12.7. The molecule has 1 atom stereocenters. The van der Waals surface area contributed by atoms with E-state index in [1.807, 2.05) is 73.1 Å². The van der Waals surface area contributed by atoms with Crippen molar-refractivity contribution in [2.75, 3.05) is 21.3 Å². The van der Waals surface area contributed by atoms with E-state index in [1.165, 1.54) is 5.01 Å². The average Bonchev–Trinajstić information content (AvgIpc) is 3.28. The monoisotopic (exact) mass is 509 g/mol. The number of urea groups is 1. The molecule has 38 heavy (non-hydrogen) atoms. The maximum atomic E-state index is 12.7. The molecule has 5 rings (SSSR count). The molecular formula is C30H31N5O3. The molecule has 0 unspecified atom stereocenters. The summed E-state index contributed by atoms with van der Waals surface area (Å²) in [5.74, 6) is 1.25. The lowest BCUT2D eigenvalue weighted by atomic mass is 9.94. The number of amides is 2. The lowest BCUT2D eigenvalue weighted by Crippen LogP contribution is -2.41. The second-order valence-corrected chi connectivity index (χ2v) is 9.26. The highest BCUT2D eigenvalue weighted by Gasteiger charge is 2.28. The largest absolute Gasteiger partial charge is 0.493 e. The zero-order valence-electron chi connectivity index (χ0n) is 22.2. The Morgan fingerprint density at radius 3 is 2.29 bits per heavy atom. The number of methoxy groups -OCH3 is 2. The van der Waals surface area contributed by atoms with Gasteiger partial charge in [0.1, 0.15) is 0 Å². The standard InChI is InChI=1S/C30H31N5O3/c1-19-15-23-17-27(37-4)28(38-5)18-25(23)29(33-35(19)30(36)31-3)22-11-13-24(14-12-22)34-20(2)16-26(32-34)21-9-7-6-8-10-21/h6-14,16-19H,15H2,1-5H3,(H,31,36)/t19-/m0/s1. The molecule has 0 saturated carbocycles. The molecule has 4 aromatic rings. The Bertz CT molecular complexity index is 1490. The molecule has 0 fully saturated rings. The molecule has 1 aliphatic heterocycles. The number of hydrogen-bond acceptors (Lipinski definition) is 5. The Kier molecular flexibility index (Phi) is 6.87. The number of benzene rings is 3. The van der Waals surface area contributed by atoms with Crippen LogP contribution >= 0.6 is 0 Å². The molecule has 1 aromatic heterocycles. The third-order valence-electron chi connectivity index (χ3n) is 6.77. The second kappa shape index (κ2) is 10.4. The lowest BCUT2D eigenvalue weighted by molar-refractivity contribution is 0.184. The first-order valence-corrected chi connectivity index (χ1v) is 12.5. The fourth-order valence-electron chi connectivity index (χ4n) is 4.79. The van der Waals surface area contributed by atoms with E-state index in [4.69, 9.17) is 19.7 Å². The van der Waals surface area contributed by atoms with Crippen LogP contribution in [0.2, 0.25) is 0 Å². The maximum Gasteiger partial charge on any atom is 0.337 e. The summed E-state index contributed by atoms with van der Waals surface area (Å²) in [6, 6.07) is 23.8. The van der Waals surface area contributed by atoms with Crippen molar-refractivity contribution in [1.29, 1.82) is 0 Å². The smallest absolute Gasteiger partial charge is 0.337 e. The van der Waals surface area contributed by atoms with Crippen molar-refractivity contribution in [2.45, 2.75) is 26.3 Å². The van der Waals surface area contributed by atoms with Crippen molar-refractivity contribution in [2.24, 2.45) is 5.10 Å². The van der Waals surface area contributed by atoms with E-state index >= 15 is 0 Å². The van der Waals surface area contributed by atoms with Gasteiger partial charge in [0, 0.05) is 29.4 Å². The third-order valence-corrected chi connectivity index (χ3v) is 6.77. The van der Waals surface area contributed by atoms with Crippen molar-refractivity contribution in [3.63, 3.8) is 0 Å². The van der Waals surface area contributed by atoms with Gasteiger partial charge in [0.2, 0.25) is 0 Å². The molecular weight excluding hydrogens is 478 g/mol. The van der Waals surface area contributed by atoms with E-state index in [2.05, 4.69) is 23.5 Å². The summed E-state index contributed by atoms with van der Waals surface area (Å²) in [5.41, 5.74) is 7.45. The summed E-state index contributed by atoms with van der Waals surface area (Å²) >= 11 is 0. The first-order chi connectivity index (χ1) is 18.4. The van der Waals surface area contributed by atoms with Crippen molar-refractivity contribution < 1.29 is 14.3 Å². The number of hydrazone groups is 1. The highest BCUT2D eigenvalue weighted by molar-refractivity contribution is 6.14. The molecule has 0 saturated heterocycles. The summed E-state index contributed by atoms with van der Waals surface area (Å²) in [6.07, 6.45) is 0.614. The molecule has 8 nitrogen and oxygen atoms in total. The quantitative estimate of drug-likeness (QED) is 0.401. The number of hydrogen-bond donors (Lipinski definition) is 1. The van der Waals surface area contributed by atoms with Gasteiger partial charge in [0.15, 0.2) is 11.5 Å². The normalized spacial score (nSPS) is 14.8. The van der Waals surface area contributed by atoms with E-state index in [9.17, 15) is 4.79 Å². The molecule has 0 bridgehead atoms. The summed E-state index contributed by atoms with van der Waals surface area (Å²) < 4.78 is 13.1.